The Hall–Kier alpha value is -1.35. The fourth-order valence-corrected chi connectivity index (χ4v) is 3.01. The second-order valence-electron chi connectivity index (χ2n) is 5.28. The Morgan fingerprint density at radius 2 is 2.05 bits per heavy atom. The minimum absolute atomic E-state index is 0.251. The van der Waals surface area contributed by atoms with Crippen molar-refractivity contribution in [3.8, 4) is 5.75 Å². The van der Waals surface area contributed by atoms with Crippen LogP contribution in [0, 0.1) is 0 Å². The normalized spacial score (nSPS) is 18.1. The highest BCUT2D eigenvalue weighted by Gasteiger charge is 2.40. The molecule has 2 rings (SSSR count). The standard InChI is InChI=1S/C16H23NO2/c1-4-13-5-6-15(19-3)14(11-13)16(12(2)18)7-9-17-10-8-16/h5-6,11,17H,4,7-10H2,1-3H3. The van der Waals surface area contributed by atoms with Gasteiger partial charge in [-0.25, -0.2) is 0 Å². The molecule has 0 radical (unpaired) electrons. The second kappa shape index (κ2) is 5.74. The van der Waals surface area contributed by atoms with E-state index in [0.29, 0.717) is 0 Å². The topological polar surface area (TPSA) is 38.3 Å². The molecule has 0 aromatic heterocycles. The minimum atomic E-state index is -0.373. The molecule has 1 saturated heterocycles. The lowest BCUT2D eigenvalue weighted by molar-refractivity contribution is -0.123. The van der Waals surface area contributed by atoms with Crippen LogP contribution < -0.4 is 10.1 Å². The molecule has 1 aliphatic heterocycles. The van der Waals surface area contributed by atoms with E-state index >= 15 is 0 Å². The van der Waals surface area contributed by atoms with Crippen molar-refractivity contribution in [2.75, 3.05) is 20.2 Å². The van der Waals surface area contributed by atoms with E-state index in [1.807, 2.05) is 6.07 Å². The second-order valence-corrected chi connectivity index (χ2v) is 5.28. The number of Topliss-reactive ketones (excluding diaryl/α,β-unsaturated/α-hetero) is 1. The highest BCUT2D eigenvalue weighted by molar-refractivity contribution is 5.89. The summed E-state index contributed by atoms with van der Waals surface area (Å²) in [6.45, 7) is 5.62. The monoisotopic (exact) mass is 261 g/mol. The highest BCUT2D eigenvalue weighted by atomic mass is 16.5. The molecule has 0 saturated carbocycles. The molecule has 3 heteroatoms. The van der Waals surface area contributed by atoms with Crippen LogP contribution in [0.25, 0.3) is 0 Å². The van der Waals surface area contributed by atoms with E-state index in [-0.39, 0.29) is 11.2 Å². The van der Waals surface area contributed by atoms with Crippen molar-refractivity contribution in [1.82, 2.24) is 5.32 Å². The third-order valence-corrected chi connectivity index (χ3v) is 4.32. The van der Waals surface area contributed by atoms with Crippen LogP contribution in [0.15, 0.2) is 18.2 Å². The average molecular weight is 261 g/mol. The first-order valence-corrected chi connectivity index (χ1v) is 7.03. The van der Waals surface area contributed by atoms with Gasteiger partial charge in [-0.3, -0.25) is 4.79 Å². The Morgan fingerprint density at radius 3 is 2.58 bits per heavy atom. The van der Waals surface area contributed by atoms with Crippen LogP contribution in [0.4, 0.5) is 0 Å². The third-order valence-electron chi connectivity index (χ3n) is 4.32. The SMILES string of the molecule is CCc1ccc(OC)c(C2(C(C)=O)CCNCC2)c1. The Kier molecular flexibility index (Phi) is 4.25. The fourth-order valence-electron chi connectivity index (χ4n) is 3.01. The first-order valence-electron chi connectivity index (χ1n) is 7.03. The third kappa shape index (κ3) is 2.52. The van der Waals surface area contributed by atoms with Gasteiger partial charge in [-0.15, -0.1) is 0 Å². The number of carbonyl (C=O) groups is 1. The van der Waals surface area contributed by atoms with Crippen LogP contribution in [-0.2, 0) is 16.6 Å². The van der Waals surface area contributed by atoms with Gasteiger partial charge < -0.3 is 10.1 Å². The molecular formula is C16H23NO2. The molecule has 0 bridgehead atoms. The fraction of sp³-hybridized carbons (Fsp3) is 0.562. The van der Waals surface area contributed by atoms with Crippen LogP contribution in [-0.4, -0.2) is 26.0 Å². The number of carbonyl (C=O) groups excluding carboxylic acids is 1. The van der Waals surface area contributed by atoms with Gasteiger partial charge in [0.15, 0.2) is 0 Å². The number of benzene rings is 1. The maximum absolute atomic E-state index is 12.3. The number of hydrogen-bond acceptors (Lipinski definition) is 3. The van der Waals surface area contributed by atoms with Crippen LogP contribution in [0.3, 0.4) is 0 Å². The number of methoxy groups -OCH3 is 1. The molecular weight excluding hydrogens is 238 g/mol. The van der Waals surface area contributed by atoms with Gasteiger partial charge in [0.25, 0.3) is 0 Å². The zero-order valence-corrected chi connectivity index (χ0v) is 12.1. The molecule has 0 unspecified atom stereocenters. The molecule has 0 aliphatic carbocycles. The van der Waals surface area contributed by atoms with E-state index in [4.69, 9.17) is 4.74 Å². The Bertz CT molecular complexity index is 462. The summed E-state index contributed by atoms with van der Waals surface area (Å²) in [6, 6.07) is 6.24. The summed E-state index contributed by atoms with van der Waals surface area (Å²) >= 11 is 0. The minimum Gasteiger partial charge on any atom is -0.496 e. The summed E-state index contributed by atoms with van der Waals surface area (Å²) in [7, 11) is 1.68. The lowest BCUT2D eigenvalue weighted by atomic mass is 9.69. The molecule has 1 N–H and O–H groups in total. The summed E-state index contributed by atoms with van der Waals surface area (Å²) in [4.78, 5) is 12.3. The summed E-state index contributed by atoms with van der Waals surface area (Å²) in [5.74, 6) is 1.09. The van der Waals surface area contributed by atoms with Crippen LogP contribution >= 0.6 is 0 Å². The van der Waals surface area contributed by atoms with Gasteiger partial charge in [0.2, 0.25) is 0 Å². The molecule has 1 aromatic rings. The average Bonchev–Trinajstić information content (AvgIpc) is 2.47. The Labute approximate surface area is 115 Å². The maximum Gasteiger partial charge on any atom is 0.140 e. The van der Waals surface area contributed by atoms with Crippen LogP contribution in [0.1, 0.15) is 37.8 Å². The predicted molar refractivity (Wildman–Crippen MR) is 76.8 cm³/mol. The molecule has 0 atom stereocenters. The maximum atomic E-state index is 12.3. The van der Waals surface area contributed by atoms with Crippen molar-refractivity contribution in [1.29, 1.82) is 0 Å². The van der Waals surface area contributed by atoms with Crippen molar-refractivity contribution in [3.63, 3.8) is 0 Å². The van der Waals surface area contributed by atoms with Crippen molar-refractivity contribution in [3.05, 3.63) is 29.3 Å². The lowest BCUT2D eigenvalue weighted by Crippen LogP contribution is -2.44. The number of aryl methyl sites for hydroxylation is 1. The first-order chi connectivity index (χ1) is 9.14. The number of piperidine rings is 1. The van der Waals surface area contributed by atoms with Gasteiger partial charge in [0, 0.05) is 5.56 Å². The van der Waals surface area contributed by atoms with Crippen molar-refractivity contribution in [2.45, 2.75) is 38.5 Å². The molecule has 1 heterocycles. The lowest BCUT2D eigenvalue weighted by Gasteiger charge is -2.37. The van der Waals surface area contributed by atoms with Gasteiger partial charge in [0.1, 0.15) is 11.5 Å². The molecule has 0 spiro atoms. The molecule has 19 heavy (non-hydrogen) atoms. The number of hydrogen-bond donors (Lipinski definition) is 1. The van der Waals surface area contributed by atoms with E-state index in [1.54, 1.807) is 14.0 Å². The molecule has 3 nitrogen and oxygen atoms in total. The van der Waals surface area contributed by atoms with E-state index in [1.165, 1.54) is 5.56 Å². The number of nitrogens with one attached hydrogen (secondary N) is 1. The quantitative estimate of drug-likeness (QED) is 0.905. The first kappa shape index (κ1) is 14.1. The van der Waals surface area contributed by atoms with Gasteiger partial charge >= 0.3 is 0 Å². The zero-order chi connectivity index (χ0) is 13.9. The Morgan fingerprint density at radius 1 is 1.37 bits per heavy atom. The van der Waals surface area contributed by atoms with Crippen LogP contribution in [0.5, 0.6) is 5.75 Å². The van der Waals surface area contributed by atoms with Gasteiger partial charge in [-0.05, 0) is 50.9 Å². The molecule has 104 valence electrons. The van der Waals surface area contributed by atoms with E-state index in [2.05, 4.69) is 24.4 Å². The summed E-state index contributed by atoms with van der Waals surface area (Å²) < 4.78 is 5.50. The van der Waals surface area contributed by atoms with Crippen LogP contribution in [0.2, 0.25) is 0 Å². The smallest absolute Gasteiger partial charge is 0.140 e. The van der Waals surface area contributed by atoms with E-state index in [0.717, 1.165) is 43.7 Å². The number of ether oxygens (including phenoxy) is 1. The van der Waals surface area contributed by atoms with E-state index in [9.17, 15) is 4.79 Å². The van der Waals surface area contributed by atoms with Gasteiger partial charge in [-0.1, -0.05) is 19.1 Å². The highest BCUT2D eigenvalue weighted by Crippen LogP contribution is 2.40. The summed E-state index contributed by atoms with van der Waals surface area (Å²) in [5, 5.41) is 3.34. The molecule has 1 aliphatic rings. The van der Waals surface area contributed by atoms with Crippen molar-refractivity contribution >= 4 is 5.78 Å². The molecule has 0 amide bonds. The zero-order valence-electron chi connectivity index (χ0n) is 12.1. The predicted octanol–water partition coefficient (Wildman–Crippen LogP) is 2.47. The van der Waals surface area contributed by atoms with Crippen molar-refractivity contribution in [2.24, 2.45) is 0 Å². The largest absolute Gasteiger partial charge is 0.496 e. The number of rotatable bonds is 4. The van der Waals surface area contributed by atoms with Gasteiger partial charge in [0.05, 0.1) is 12.5 Å². The van der Waals surface area contributed by atoms with Crippen molar-refractivity contribution < 1.29 is 9.53 Å². The Balaban J connectivity index is 2.54. The summed E-state index contributed by atoms with van der Waals surface area (Å²) in [6.07, 6.45) is 2.68. The number of ketones is 1. The molecule has 1 fully saturated rings. The summed E-state index contributed by atoms with van der Waals surface area (Å²) in [5.41, 5.74) is 1.96. The van der Waals surface area contributed by atoms with E-state index < -0.39 is 0 Å². The molecule has 1 aromatic carbocycles. The van der Waals surface area contributed by atoms with Gasteiger partial charge in [-0.2, -0.15) is 0 Å².